The van der Waals surface area contributed by atoms with Crippen molar-refractivity contribution in [2.24, 2.45) is 7.05 Å². The molecule has 0 aromatic carbocycles. The molecule has 1 amide bonds. The predicted molar refractivity (Wildman–Crippen MR) is 71.3 cm³/mol. The molecule has 0 unspecified atom stereocenters. The molecule has 1 atom stereocenters. The number of piperidine rings is 1. The highest BCUT2D eigenvalue weighted by Crippen LogP contribution is 2.18. The van der Waals surface area contributed by atoms with Crippen molar-refractivity contribution in [2.45, 2.75) is 38.6 Å². The number of nitrogens with zero attached hydrogens (tertiary/aromatic N) is 3. The molecule has 2 rings (SSSR count). The van der Waals surface area contributed by atoms with E-state index in [0.29, 0.717) is 5.95 Å². The smallest absolute Gasteiger partial charge is 0.244 e. The highest BCUT2D eigenvalue weighted by molar-refractivity contribution is 5.93. The molecule has 0 aliphatic carbocycles. The highest BCUT2D eigenvalue weighted by Gasteiger charge is 2.28. The van der Waals surface area contributed by atoms with E-state index in [2.05, 4.69) is 22.1 Å². The van der Waals surface area contributed by atoms with E-state index < -0.39 is 0 Å². The Kier molecular flexibility index (Phi) is 4.36. The Morgan fingerprint density at radius 1 is 1.56 bits per heavy atom. The minimum atomic E-state index is 0.00963. The maximum atomic E-state index is 12.3. The highest BCUT2D eigenvalue weighted by atomic mass is 16.2. The second-order valence-corrected chi connectivity index (χ2v) is 4.90. The summed E-state index contributed by atoms with van der Waals surface area (Å²) in [6.07, 6.45) is 7.91. The molecule has 1 fully saturated rings. The summed E-state index contributed by atoms with van der Waals surface area (Å²) in [4.78, 5) is 18.7. The summed E-state index contributed by atoms with van der Waals surface area (Å²) >= 11 is 0. The zero-order valence-corrected chi connectivity index (χ0v) is 11.2. The van der Waals surface area contributed by atoms with Crippen molar-refractivity contribution < 1.29 is 4.79 Å². The molecular formula is C13H22N4O. The minimum absolute atomic E-state index is 0.00963. The summed E-state index contributed by atoms with van der Waals surface area (Å²) in [7, 11) is 1.88. The first-order valence-corrected chi connectivity index (χ1v) is 6.74. The van der Waals surface area contributed by atoms with Gasteiger partial charge in [0.05, 0.1) is 6.04 Å². The van der Waals surface area contributed by atoms with Gasteiger partial charge in [-0.15, -0.1) is 0 Å². The van der Waals surface area contributed by atoms with Crippen LogP contribution in [0, 0.1) is 0 Å². The SMILES string of the molecule is CCCN1CCCC[C@H]1C(=O)Nc1nccn1C. The van der Waals surface area contributed by atoms with Gasteiger partial charge in [0.1, 0.15) is 0 Å². The maximum absolute atomic E-state index is 12.3. The van der Waals surface area contributed by atoms with E-state index in [1.54, 1.807) is 6.20 Å². The molecule has 5 nitrogen and oxygen atoms in total. The minimum Gasteiger partial charge on any atom is -0.320 e. The number of hydrogen-bond acceptors (Lipinski definition) is 3. The first-order chi connectivity index (χ1) is 8.72. The Bertz CT molecular complexity index is 399. The van der Waals surface area contributed by atoms with E-state index in [4.69, 9.17) is 0 Å². The first kappa shape index (κ1) is 13.1. The van der Waals surface area contributed by atoms with Crippen LogP contribution in [0.25, 0.3) is 0 Å². The summed E-state index contributed by atoms with van der Waals surface area (Å²) in [5, 5.41) is 2.92. The van der Waals surface area contributed by atoms with Gasteiger partial charge in [0.2, 0.25) is 11.9 Å². The van der Waals surface area contributed by atoms with Crippen LogP contribution < -0.4 is 5.32 Å². The standard InChI is InChI=1S/C13H22N4O/c1-3-8-17-9-5-4-6-11(17)12(18)15-13-14-7-10-16(13)2/h7,10-11H,3-6,8-9H2,1-2H3,(H,14,15,18)/t11-/m0/s1. The normalized spacial score (nSPS) is 20.9. The number of aryl methyl sites for hydroxylation is 1. The molecule has 0 bridgehead atoms. The zero-order valence-electron chi connectivity index (χ0n) is 11.2. The van der Waals surface area contributed by atoms with Gasteiger partial charge >= 0.3 is 0 Å². The van der Waals surface area contributed by atoms with E-state index in [9.17, 15) is 4.79 Å². The molecule has 0 radical (unpaired) electrons. The molecule has 2 heterocycles. The maximum Gasteiger partial charge on any atom is 0.244 e. The number of aromatic nitrogens is 2. The average molecular weight is 250 g/mol. The Balaban J connectivity index is 2.00. The Labute approximate surface area is 108 Å². The number of nitrogens with one attached hydrogen (secondary N) is 1. The lowest BCUT2D eigenvalue weighted by molar-refractivity contribution is -0.122. The van der Waals surface area contributed by atoms with Crippen LogP contribution in [0.1, 0.15) is 32.6 Å². The number of anilines is 1. The molecule has 0 spiro atoms. The van der Waals surface area contributed by atoms with Crippen molar-refractivity contribution in [1.82, 2.24) is 14.5 Å². The Morgan fingerprint density at radius 2 is 2.39 bits per heavy atom. The van der Waals surface area contributed by atoms with Crippen LogP contribution in [-0.2, 0) is 11.8 Å². The summed E-state index contributed by atoms with van der Waals surface area (Å²) in [5.41, 5.74) is 0. The number of likely N-dealkylation sites (tertiary alicyclic amines) is 1. The lowest BCUT2D eigenvalue weighted by atomic mass is 10.0. The van der Waals surface area contributed by atoms with Crippen molar-refractivity contribution in [1.29, 1.82) is 0 Å². The number of imidazole rings is 1. The third-order valence-corrected chi connectivity index (χ3v) is 3.48. The summed E-state index contributed by atoms with van der Waals surface area (Å²) in [6.45, 7) is 4.19. The molecule has 1 saturated heterocycles. The van der Waals surface area contributed by atoms with Crippen molar-refractivity contribution in [3.05, 3.63) is 12.4 Å². The second-order valence-electron chi connectivity index (χ2n) is 4.90. The van der Waals surface area contributed by atoms with Crippen LogP contribution >= 0.6 is 0 Å². The van der Waals surface area contributed by atoms with Gasteiger partial charge in [-0.1, -0.05) is 13.3 Å². The number of carbonyl (C=O) groups is 1. The van der Waals surface area contributed by atoms with Crippen molar-refractivity contribution in [3.8, 4) is 0 Å². The number of hydrogen-bond donors (Lipinski definition) is 1. The summed E-state index contributed by atoms with van der Waals surface area (Å²) in [6, 6.07) is 0.00963. The van der Waals surface area contributed by atoms with E-state index in [1.807, 2.05) is 17.8 Å². The van der Waals surface area contributed by atoms with E-state index in [-0.39, 0.29) is 11.9 Å². The first-order valence-electron chi connectivity index (χ1n) is 6.74. The van der Waals surface area contributed by atoms with Crippen LogP contribution in [-0.4, -0.2) is 39.5 Å². The third kappa shape index (κ3) is 2.90. The van der Waals surface area contributed by atoms with Crippen molar-refractivity contribution >= 4 is 11.9 Å². The Hall–Kier alpha value is -1.36. The van der Waals surface area contributed by atoms with Crippen LogP contribution in [0.2, 0.25) is 0 Å². The fourth-order valence-electron chi connectivity index (χ4n) is 2.52. The quantitative estimate of drug-likeness (QED) is 0.883. The van der Waals surface area contributed by atoms with Gasteiger partial charge in [-0.25, -0.2) is 4.98 Å². The number of amides is 1. The van der Waals surface area contributed by atoms with Crippen molar-refractivity contribution in [3.63, 3.8) is 0 Å². The predicted octanol–water partition coefficient (Wildman–Crippen LogP) is 1.62. The van der Waals surface area contributed by atoms with Gasteiger partial charge in [-0.05, 0) is 32.4 Å². The molecule has 1 N–H and O–H groups in total. The molecule has 5 heteroatoms. The molecule has 1 aliphatic heterocycles. The molecule has 1 aromatic rings. The number of carbonyl (C=O) groups excluding carboxylic acids is 1. The van der Waals surface area contributed by atoms with E-state index in [1.165, 1.54) is 6.42 Å². The van der Waals surface area contributed by atoms with Crippen LogP contribution in [0.15, 0.2) is 12.4 Å². The Morgan fingerprint density at radius 3 is 3.06 bits per heavy atom. The van der Waals surface area contributed by atoms with Crippen LogP contribution in [0.4, 0.5) is 5.95 Å². The van der Waals surface area contributed by atoms with Crippen LogP contribution in [0.5, 0.6) is 0 Å². The molecule has 1 aliphatic rings. The zero-order chi connectivity index (χ0) is 13.0. The molecule has 1 aromatic heterocycles. The lowest BCUT2D eigenvalue weighted by Gasteiger charge is -2.34. The van der Waals surface area contributed by atoms with E-state index >= 15 is 0 Å². The topological polar surface area (TPSA) is 50.2 Å². The monoisotopic (exact) mass is 250 g/mol. The second kappa shape index (κ2) is 6.00. The fraction of sp³-hybridized carbons (Fsp3) is 0.692. The molecule has 18 heavy (non-hydrogen) atoms. The van der Waals surface area contributed by atoms with E-state index in [0.717, 1.165) is 32.4 Å². The molecular weight excluding hydrogens is 228 g/mol. The van der Waals surface area contributed by atoms with Gasteiger partial charge in [0.15, 0.2) is 0 Å². The number of rotatable bonds is 4. The summed E-state index contributed by atoms with van der Waals surface area (Å²) < 4.78 is 1.82. The largest absolute Gasteiger partial charge is 0.320 e. The molecule has 0 saturated carbocycles. The van der Waals surface area contributed by atoms with Gasteiger partial charge in [0, 0.05) is 19.4 Å². The fourth-order valence-corrected chi connectivity index (χ4v) is 2.52. The van der Waals surface area contributed by atoms with Crippen LogP contribution in [0.3, 0.4) is 0 Å². The van der Waals surface area contributed by atoms with Gasteiger partial charge in [-0.3, -0.25) is 15.0 Å². The third-order valence-electron chi connectivity index (χ3n) is 3.48. The summed E-state index contributed by atoms with van der Waals surface area (Å²) in [5.74, 6) is 0.708. The average Bonchev–Trinajstić information content (AvgIpc) is 2.76. The molecule has 100 valence electrons. The van der Waals surface area contributed by atoms with Gasteiger partial charge in [0.25, 0.3) is 0 Å². The van der Waals surface area contributed by atoms with Gasteiger partial charge < -0.3 is 4.57 Å². The van der Waals surface area contributed by atoms with Gasteiger partial charge in [-0.2, -0.15) is 0 Å². The van der Waals surface area contributed by atoms with Crippen molar-refractivity contribution in [2.75, 3.05) is 18.4 Å². The lowest BCUT2D eigenvalue weighted by Crippen LogP contribution is -2.47.